The molecule has 3 rings (SSSR count). The topological polar surface area (TPSA) is 52.2 Å². The summed E-state index contributed by atoms with van der Waals surface area (Å²) in [4.78, 5) is 23.9. The predicted molar refractivity (Wildman–Crippen MR) is 79.0 cm³/mol. The third kappa shape index (κ3) is 2.21. The highest BCUT2D eigenvalue weighted by molar-refractivity contribution is 9.10. The molecule has 0 unspecified atom stereocenters. The number of carbonyl (C=O) groups excluding carboxylic acids is 1. The highest BCUT2D eigenvalue weighted by Gasteiger charge is 2.18. The van der Waals surface area contributed by atoms with Crippen molar-refractivity contribution in [3.05, 3.63) is 68.4 Å². The third-order valence-corrected chi connectivity index (χ3v) is 3.91. The molecule has 0 bridgehead atoms. The van der Waals surface area contributed by atoms with Crippen LogP contribution in [0.3, 0.4) is 0 Å². The summed E-state index contributed by atoms with van der Waals surface area (Å²) in [6.07, 6.45) is 0. The van der Waals surface area contributed by atoms with Gasteiger partial charge in [-0.25, -0.2) is 9.18 Å². The van der Waals surface area contributed by atoms with Crippen LogP contribution in [0.2, 0.25) is 0 Å². The lowest BCUT2D eigenvalue weighted by molar-refractivity contribution is 0.103. The van der Waals surface area contributed by atoms with Gasteiger partial charge in [-0.05, 0) is 46.3 Å². The number of nitrogens with zero attached hydrogens (tertiary/aromatic N) is 1. The second kappa shape index (κ2) is 4.96. The van der Waals surface area contributed by atoms with E-state index in [-0.39, 0.29) is 11.1 Å². The van der Waals surface area contributed by atoms with Crippen molar-refractivity contribution < 1.29 is 13.6 Å². The second-order valence-corrected chi connectivity index (χ2v) is 5.39. The van der Waals surface area contributed by atoms with Crippen molar-refractivity contribution in [2.24, 2.45) is 7.05 Å². The molecule has 0 saturated heterocycles. The molecule has 0 atom stereocenters. The molecule has 1 aromatic heterocycles. The number of hydrogen-bond donors (Lipinski definition) is 0. The monoisotopic (exact) mass is 349 g/mol. The van der Waals surface area contributed by atoms with Crippen molar-refractivity contribution in [2.75, 3.05) is 0 Å². The van der Waals surface area contributed by atoms with E-state index in [1.807, 2.05) is 0 Å². The number of hydrogen-bond acceptors (Lipinski definition) is 3. The van der Waals surface area contributed by atoms with Crippen molar-refractivity contribution in [1.82, 2.24) is 4.57 Å². The zero-order valence-electron chi connectivity index (χ0n) is 10.9. The van der Waals surface area contributed by atoms with Gasteiger partial charge < -0.3 is 4.42 Å². The molecule has 1 heterocycles. The van der Waals surface area contributed by atoms with Gasteiger partial charge in [0.2, 0.25) is 0 Å². The van der Waals surface area contributed by atoms with Gasteiger partial charge in [0.05, 0.1) is 11.1 Å². The maximum atomic E-state index is 13.8. The molecular weight excluding hydrogens is 341 g/mol. The minimum Gasteiger partial charge on any atom is -0.408 e. The van der Waals surface area contributed by atoms with E-state index >= 15 is 0 Å². The van der Waals surface area contributed by atoms with Gasteiger partial charge >= 0.3 is 5.76 Å². The zero-order chi connectivity index (χ0) is 15.1. The first kappa shape index (κ1) is 13.8. The molecule has 0 aliphatic carbocycles. The van der Waals surface area contributed by atoms with Crippen molar-refractivity contribution in [3.63, 3.8) is 0 Å². The molecule has 0 amide bonds. The van der Waals surface area contributed by atoms with Gasteiger partial charge in [-0.1, -0.05) is 6.07 Å². The number of ketones is 1. The Morgan fingerprint density at radius 3 is 2.76 bits per heavy atom. The van der Waals surface area contributed by atoms with Crippen LogP contribution in [0.1, 0.15) is 15.9 Å². The quantitative estimate of drug-likeness (QED) is 0.667. The average molecular weight is 350 g/mol. The fraction of sp³-hybridized carbons (Fsp3) is 0.0667. The summed E-state index contributed by atoms with van der Waals surface area (Å²) >= 11 is 3.17. The van der Waals surface area contributed by atoms with Crippen LogP contribution in [0.5, 0.6) is 0 Å². The van der Waals surface area contributed by atoms with Gasteiger partial charge in [0.25, 0.3) is 0 Å². The van der Waals surface area contributed by atoms with Crippen molar-refractivity contribution >= 4 is 32.8 Å². The van der Waals surface area contributed by atoms with Gasteiger partial charge in [-0.2, -0.15) is 0 Å². The molecule has 3 aromatic rings. The van der Waals surface area contributed by atoms with Gasteiger partial charge in [-0.15, -0.1) is 0 Å². The number of aromatic nitrogens is 1. The zero-order valence-corrected chi connectivity index (χ0v) is 12.5. The first-order valence-corrected chi connectivity index (χ1v) is 6.86. The first-order valence-electron chi connectivity index (χ1n) is 6.07. The number of rotatable bonds is 2. The van der Waals surface area contributed by atoms with Gasteiger partial charge in [0.15, 0.2) is 11.4 Å². The highest BCUT2D eigenvalue weighted by atomic mass is 79.9. The molecule has 106 valence electrons. The van der Waals surface area contributed by atoms with Crippen molar-refractivity contribution in [3.8, 4) is 0 Å². The Morgan fingerprint density at radius 2 is 2.05 bits per heavy atom. The van der Waals surface area contributed by atoms with E-state index < -0.39 is 17.4 Å². The molecule has 0 spiro atoms. The Bertz CT molecular complexity index is 906. The summed E-state index contributed by atoms with van der Waals surface area (Å²) in [5.41, 5.74) is 1.07. The van der Waals surface area contributed by atoms with E-state index in [0.29, 0.717) is 15.6 Å². The number of oxazole rings is 1. The lowest BCUT2D eigenvalue weighted by Crippen LogP contribution is -2.08. The molecule has 6 heteroatoms. The molecule has 21 heavy (non-hydrogen) atoms. The number of halogens is 2. The molecule has 0 saturated carbocycles. The molecule has 0 radical (unpaired) electrons. The number of fused-ring (bicyclic) bond motifs is 1. The van der Waals surface area contributed by atoms with E-state index in [1.54, 1.807) is 25.2 Å². The van der Waals surface area contributed by atoms with Crippen LogP contribution < -0.4 is 5.76 Å². The Morgan fingerprint density at radius 1 is 1.29 bits per heavy atom. The maximum absolute atomic E-state index is 13.8. The molecule has 2 aromatic carbocycles. The molecule has 0 fully saturated rings. The van der Waals surface area contributed by atoms with Gasteiger partial charge in [0, 0.05) is 17.1 Å². The highest BCUT2D eigenvalue weighted by Crippen LogP contribution is 2.24. The smallest absolute Gasteiger partial charge is 0.408 e. The normalized spacial score (nSPS) is 11.0. The Labute approximate surface area is 126 Å². The molecule has 0 N–H and O–H groups in total. The van der Waals surface area contributed by atoms with E-state index in [9.17, 15) is 14.0 Å². The van der Waals surface area contributed by atoms with Crippen LogP contribution in [0.4, 0.5) is 4.39 Å². The summed E-state index contributed by atoms with van der Waals surface area (Å²) in [7, 11) is 1.57. The van der Waals surface area contributed by atoms with Crippen LogP contribution >= 0.6 is 15.9 Å². The Balaban J connectivity index is 2.16. The van der Waals surface area contributed by atoms with Crippen molar-refractivity contribution in [1.29, 1.82) is 0 Å². The Hall–Kier alpha value is -2.21. The van der Waals surface area contributed by atoms with Crippen LogP contribution in [0, 0.1) is 5.82 Å². The fourth-order valence-corrected chi connectivity index (χ4v) is 2.66. The van der Waals surface area contributed by atoms with E-state index in [1.165, 1.54) is 22.8 Å². The number of benzene rings is 2. The summed E-state index contributed by atoms with van der Waals surface area (Å²) in [6, 6.07) is 8.91. The maximum Gasteiger partial charge on any atom is 0.419 e. The number of aryl methyl sites for hydroxylation is 1. The van der Waals surface area contributed by atoms with Crippen LogP contribution in [-0.2, 0) is 7.05 Å². The Kier molecular flexibility index (Phi) is 3.25. The van der Waals surface area contributed by atoms with Gasteiger partial charge in [0.1, 0.15) is 5.82 Å². The molecule has 0 aliphatic rings. The predicted octanol–water partition coefficient (Wildman–Crippen LogP) is 3.26. The lowest BCUT2D eigenvalue weighted by atomic mass is 10.0. The number of carbonyl (C=O) groups is 1. The third-order valence-electron chi connectivity index (χ3n) is 3.24. The van der Waals surface area contributed by atoms with E-state index in [0.717, 1.165) is 0 Å². The van der Waals surface area contributed by atoms with E-state index in [4.69, 9.17) is 4.42 Å². The lowest BCUT2D eigenvalue weighted by Gasteiger charge is -2.05. The standard InChI is InChI=1S/C15H9BrFNO3/c1-18-11-6-5-8(7-12(11)21-15(18)20)14(19)13-9(16)3-2-4-10(13)17/h2-7H,1H3. The molecule has 4 nitrogen and oxygen atoms in total. The SMILES string of the molecule is Cn1c(=O)oc2cc(C(=O)c3c(F)cccc3Br)ccc21. The minimum absolute atomic E-state index is 0.0462. The summed E-state index contributed by atoms with van der Waals surface area (Å²) in [6.45, 7) is 0. The minimum atomic E-state index is -0.607. The average Bonchev–Trinajstić information content (AvgIpc) is 2.73. The first-order chi connectivity index (χ1) is 9.99. The summed E-state index contributed by atoms with van der Waals surface area (Å²) in [5.74, 6) is -1.60. The van der Waals surface area contributed by atoms with Crippen molar-refractivity contribution in [2.45, 2.75) is 0 Å². The molecular formula is C15H9BrFNO3. The van der Waals surface area contributed by atoms with Crippen LogP contribution in [0.25, 0.3) is 11.1 Å². The fourth-order valence-electron chi connectivity index (χ4n) is 2.13. The van der Waals surface area contributed by atoms with Crippen LogP contribution in [0.15, 0.2) is 50.1 Å². The molecule has 0 aliphatic heterocycles. The van der Waals surface area contributed by atoms with Crippen LogP contribution in [-0.4, -0.2) is 10.4 Å². The summed E-state index contributed by atoms with van der Waals surface area (Å²) < 4.78 is 20.6. The van der Waals surface area contributed by atoms with E-state index in [2.05, 4.69) is 15.9 Å². The largest absolute Gasteiger partial charge is 0.419 e. The summed E-state index contributed by atoms with van der Waals surface area (Å²) in [5, 5.41) is 0. The van der Waals surface area contributed by atoms with Gasteiger partial charge in [-0.3, -0.25) is 9.36 Å². The second-order valence-electron chi connectivity index (χ2n) is 4.54.